The Kier molecular flexibility index (Phi) is 4.47. The highest BCUT2D eigenvalue weighted by molar-refractivity contribution is 5.83. The highest BCUT2D eigenvalue weighted by Crippen LogP contribution is 2.27. The van der Waals surface area contributed by atoms with Crippen LogP contribution in [-0.4, -0.2) is 36.2 Å². The van der Waals surface area contributed by atoms with Gasteiger partial charge in [0.1, 0.15) is 5.82 Å². The van der Waals surface area contributed by atoms with Gasteiger partial charge in [0.05, 0.1) is 18.7 Å². The second-order valence-electron chi connectivity index (χ2n) is 6.51. The molecule has 0 saturated carbocycles. The zero-order chi connectivity index (χ0) is 17.2. The topological polar surface area (TPSA) is 25.4 Å². The molecular formula is C21H21FN2O. The van der Waals surface area contributed by atoms with Crippen LogP contribution in [0.25, 0.3) is 22.0 Å². The van der Waals surface area contributed by atoms with E-state index in [0.29, 0.717) is 11.6 Å². The number of fused-ring (bicyclic) bond motifs is 1. The summed E-state index contributed by atoms with van der Waals surface area (Å²) >= 11 is 0. The van der Waals surface area contributed by atoms with Gasteiger partial charge in [-0.3, -0.25) is 9.88 Å². The van der Waals surface area contributed by atoms with E-state index in [-0.39, 0.29) is 5.82 Å². The summed E-state index contributed by atoms with van der Waals surface area (Å²) in [5.74, 6) is -0.255. The van der Waals surface area contributed by atoms with Gasteiger partial charge >= 0.3 is 0 Å². The minimum Gasteiger partial charge on any atom is -0.379 e. The molecule has 4 rings (SSSR count). The molecule has 1 unspecified atom stereocenters. The lowest BCUT2D eigenvalue weighted by Crippen LogP contribution is -2.37. The maximum absolute atomic E-state index is 13.3. The van der Waals surface area contributed by atoms with Crippen LogP contribution in [0, 0.1) is 5.82 Å². The summed E-state index contributed by atoms with van der Waals surface area (Å²) in [5.41, 5.74) is 4.16. The van der Waals surface area contributed by atoms with E-state index in [9.17, 15) is 4.39 Å². The number of halogens is 1. The zero-order valence-electron chi connectivity index (χ0n) is 14.3. The fraction of sp³-hybridized carbons (Fsp3) is 0.286. The Balaban J connectivity index is 1.58. The number of hydrogen-bond acceptors (Lipinski definition) is 3. The number of morpholine rings is 1. The summed E-state index contributed by atoms with van der Waals surface area (Å²) < 4.78 is 18.7. The summed E-state index contributed by atoms with van der Waals surface area (Å²) in [6.07, 6.45) is 1.81. The highest BCUT2D eigenvalue weighted by atomic mass is 19.1. The molecule has 3 aromatic rings. The van der Waals surface area contributed by atoms with Gasteiger partial charge in [-0.15, -0.1) is 0 Å². The van der Waals surface area contributed by atoms with Gasteiger partial charge in [-0.05, 0) is 36.2 Å². The third-order valence-electron chi connectivity index (χ3n) is 4.97. The molecule has 1 aliphatic rings. The predicted octanol–water partition coefficient (Wildman–Crippen LogP) is 4.43. The molecule has 128 valence electrons. The molecule has 0 bridgehead atoms. The van der Waals surface area contributed by atoms with Crippen LogP contribution in [0.2, 0.25) is 0 Å². The van der Waals surface area contributed by atoms with Crippen LogP contribution in [0.15, 0.2) is 54.7 Å². The highest BCUT2D eigenvalue weighted by Gasteiger charge is 2.18. The van der Waals surface area contributed by atoms with E-state index >= 15 is 0 Å². The van der Waals surface area contributed by atoms with Gasteiger partial charge in [0, 0.05) is 42.3 Å². The number of hydrogen-bond donors (Lipinski definition) is 0. The Bertz CT molecular complexity index is 873. The molecule has 2 heterocycles. The lowest BCUT2D eigenvalue weighted by atomic mass is 10.0. The van der Waals surface area contributed by atoms with Crippen LogP contribution in [0.5, 0.6) is 0 Å². The van der Waals surface area contributed by atoms with Crippen molar-refractivity contribution in [2.24, 2.45) is 0 Å². The van der Waals surface area contributed by atoms with Crippen LogP contribution in [-0.2, 0) is 4.74 Å². The van der Waals surface area contributed by atoms with Crippen molar-refractivity contribution in [3.8, 4) is 11.1 Å². The van der Waals surface area contributed by atoms with Crippen molar-refractivity contribution in [3.05, 3.63) is 66.1 Å². The summed E-state index contributed by atoms with van der Waals surface area (Å²) in [7, 11) is 0. The molecule has 25 heavy (non-hydrogen) atoms. The van der Waals surface area contributed by atoms with Gasteiger partial charge in [-0.2, -0.15) is 0 Å². The maximum Gasteiger partial charge on any atom is 0.125 e. The zero-order valence-corrected chi connectivity index (χ0v) is 14.3. The molecule has 4 heteroatoms. The molecule has 0 spiro atoms. The molecule has 1 aromatic heterocycles. The van der Waals surface area contributed by atoms with Gasteiger partial charge < -0.3 is 4.74 Å². The minimum absolute atomic E-state index is 0.255. The largest absolute Gasteiger partial charge is 0.379 e. The smallest absolute Gasteiger partial charge is 0.125 e. The third-order valence-corrected chi connectivity index (χ3v) is 4.97. The third kappa shape index (κ3) is 3.41. The van der Waals surface area contributed by atoms with E-state index in [1.807, 2.05) is 6.20 Å². The average molecular weight is 336 g/mol. The molecule has 0 amide bonds. The number of pyridine rings is 1. The second kappa shape index (κ2) is 6.90. The number of ether oxygens (including phenoxy) is 1. The predicted molar refractivity (Wildman–Crippen MR) is 97.9 cm³/mol. The van der Waals surface area contributed by atoms with Crippen molar-refractivity contribution in [2.45, 2.75) is 13.0 Å². The number of aromatic nitrogens is 1. The van der Waals surface area contributed by atoms with E-state index in [1.165, 1.54) is 17.7 Å². The van der Waals surface area contributed by atoms with Gasteiger partial charge in [0.2, 0.25) is 0 Å². The summed E-state index contributed by atoms with van der Waals surface area (Å²) in [5, 5.41) is 0.949. The molecule has 3 nitrogen and oxygen atoms in total. The number of nitrogens with zero attached hydrogens (tertiary/aromatic N) is 2. The van der Waals surface area contributed by atoms with E-state index in [4.69, 9.17) is 4.74 Å². The normalized spacial score (nSPS) is 16.9. The maximum atomic E-state index is 13.3. The van der Waals surface area contributed by atoms with Gasteiger partial charge in [-0.1, -0.05) is 24.3 Å². The molecule has 0 aliphatic carbocycles. The van der Waals surface area contributed by atoms with Crippen molar-refractivity contribution in [2.75, 3.05) is 26.3 Å². The summed E-state index contributed by atoms with van der Waals surface area (Å²) in [6, 6.07) is 15.8. The lowest BCUT2D eigenvalue weighted by Gasteiger charge is -2.32. The molecule has 2 aromatic carbocycles. The Morgan fingerprint density at radius 3 is 2.52 bits per heavy atom. The molecule has 1 atom stereocenters. The van der Waals surface area contributed by atoms with E-state index in [2.05, 4.69) is 47.1 Å². The quantitative estimate of drug-likeness (QED) is 0.707. The average Bonchev–Trinajstić information content (AvgIpc) is 2.68. The van der Waals surface area contributed by atoms with Crippen LogP contribution < -0.4 is 0 Å². The van der Waals surface area contributed by atoms with E-state index < -0.39 is 0 Å². The van der Waals surface area contributed by atoms with Crippen molar-refractivity contribution in [3.63, 3.8) is 0 Å². The molecule has 1 aliphatic heterocycles. The van der Waals surface area contributed by atoms with Crippen molar-refractivity contribution < 1.29 is 9.13 Å². The number of benzene rings is 2. The SMILES string of the molecule is CC(c1ccc(-c2cnc3cc(F)ccc3c2)cc1)N1CCOCC1. The lowest BCUT2D eigenvalue weighted by molar-refractivity contribution is 0.0198. The van der Waals surface area contributed by atoms with Crippen molar-refractivity contribution in [1.82, 2.24) is 9.88 Å². The molecule has 1 fully saturated rings. The first-order valence-electron chi connectivity index (χ1n) is 8.68. The van der Waals surface area contributed by atoms with Crippen LogP contribution in [0.3, 0.4) is 0 Å². The van der Waals surface area contributed by atoms with Crippen LogP contribution in [0.4, 0.5) is 4.39 Å². The van der Waals surface area contributed by atoms with Gasteiger partial charge in [0.25, 0.3) is 0 Å². The molecule has 1 saturated heterocycles. The number of rotatable bonds is 3. The first-order chi connectivity index (χ1) is 12.2. The molecular weight excluding hydrogens is 315 g/mol. The van der Waals surface area contributed by atoms with Crippen molar-refractivity contribution >= 4 is 10.9 Å². The van der Waals surface area contributed by atoms with E-state index in [1.54, 1.807) is 6.07 Å². The fourth-order valence-electron chi connectivity index (χ4n) is 3.38. The minimum atomic E-state index is -0.255. The monoisotopic (exact) mass is 336 g/mol. The Labute approximate surface area is 147 Å². The Hall–Kier alpha value is -2.30. The molecule has 0 radical (unpaired) electrons. The first-order valence-corrected chi connectivity index (χ1v) is 8.68. The summed E-state index contributed by atoms with van der Waals surface area (Å²) in [6.45, 7) is 5.83. The van der Waals surface area contributed by atoms with E-state index in [0.717, 1.165) is 42.8 Å². The van der Waals surface area contributed by atoms with Crippen LogP contribution >= 0.6 is 0 Å². The van der Waals surface area contributed by atoms with Gasteiger partial charge in [0.15, 0.2) is 0 Å². The van der Waals surface area contributed by atoms with Crippen LogP contribution in [0.1, 0.15) is 18.5 Å². The van der Waals surface area contributed by atoms with Gasteiger partial charge in [-0.25, -0.2) is 4.39 Å². The first kappa shape index (κ1) is 16.2. The molecule has 0 N–H and O–H groups in total. The Morgan fingerprint density at radius 1 is 1.00 bits per heavy atom. The summed E-state index contributed by atoms with van der Waals surface area (Å²) in [4.78, 5) is 6.84. The van der Waals surface area contributed by atoms with Crippen molar-refractivity contribution in [1.29, 1.82) is 0 Å². The standard InChI is InChI=1S/C21H21FN2O/c1-15(24-8-10-25-11-9-24)16-2-4-17(5-3-16)19-12-18-6-7-20(22)13-21(18)23-14-19/h2-7,12-15H,8-11H2,1H3. The second-order valence-corrected chi connectivity index (χ2v) is 6.51. The Morgan fingerprint density at radius 2 is 1.76 bits per heavy atom. The fourth-order valence-corrected chi connectivity index (χ4v) is 3.38.